The van der Waals surface area contributed by atoms with Gasteiger partial charge in [-0.3, -0.25) is 4.79 Å². The largest absolute Gasteiger partial charge is 0.489 e. The highest BCUT2D eigenvalue weighted by molar-refractivity contribution is 7.89. The Morgan fingerprint density at radius 1 is 0.784 bits per heavy atom. The molecule has 0 radical (unpaired) electrons. The summed E-state index contributed by atoms with van der Waals surface area (Å²) in [6.07, 6.45) is 0.467. The van der Waals surface area contributed by atoms with E-state index in [0.29, 0.717) is 29.5 Å². The number of hydrogen-bond acceptors (Lipinski definition) is 4. The van der Waals surface area contributed by atoms with E-state index in [0.717, 1.165) is 11.1 Å². The van der Waals surface area contributed by atoms with Crippen molar-refractivity contribution >= 4 is 33.2 Å². The molecule has 0 heterocycles. The molecular weight excluding hydrogens is 508 g/mol. The molecule has 0 aliphatic rings. The molecular formula is C29H27ClN2O4S. The van der Waals surface area contributed by atoms with Crippen molar-refractivity contribution < 1.29 is 17.9 Å². The van der Waals surface area contributed by atoms with Crippen LogP contribution in [0.15, 0.2) is 114 Å². The standard InChI is InChI=1S/C29H27ClN2O4S/c30-25-11-17-28(18-12-25)37(34,35)32(20-19-23-7-3-1-4-8-23)21-29(33)31-26-13-15-27(16-14-26)36-22-24-9-5-2-6-10-24/h1-18H,19-22H2,(H,31,33). The summed E-state index contributed by atoms with van der Waals surface area (Å²) in [6.45, 7) is 0.254. The lowest BCUT2D eigenvalue weighted by Gasteiger charge is -2.22. The van der Waals surface area contributed by atoms with Crippen LogP contribution in [0.4, 0.5) is 5.69 Å². The van der Waals surface area contributed by atoms with Gasteiger partial charge in [-0.25, -0.2) is 8.42 Å². The van der Waals surface area contributed by atoms with Gasteiger partial charge in [0.25, 0.3) is 0 Å². The highest BCUT2D eigenvalue weighted by atomic mass is 35.5. The van der Waals surface area contributed by atoms with Gasteiger partial charge in [-0.2, -0.15) is 4.31 Å². The van der Waals surface area contributed by atoms with Crippen molar-refractivity contribution in [2.75, 3.05) is 18.4 Å². The molecule has 0 atom stereocenters. The zero-order chi connectivity index (χ0) is 26.1. The molecule has 6 nitrogen and oxygen atoms in total. The highest BCUT2D eigenvalue weighted by Gasteiger charge is 2.26. The van der Waals surface area contributed by atoms with Crippen LogP contribution in [0.2, 0.25) is 5.02 Å². The Labute approximate surface area is 222 Å². The number of carbonyl (C=O) groups is 1. The van der Waals surface area contributed by atoms with Crippen molar-refractivity contribution in [2.45, 2.75) is 17.9 Å². The number of nitrogens with zero attached hydrogens (tertiary/aromatic N) is 1. The first-order valence-electron chi connectivity index (χ1n) is 11.8. The summed E-state index contributed by atoms with van der Waals surface area (Å²) in [5.41, 5.74) is 2.58. The monoisotopic (exact) mass is 534 g/mol. The number of sulfonamides is 1. The second kappa shape index (κ2) is 12.5. The minimum Gasteiger partial charge on any atom is -0.489 e. The van der Waals surface area contributed by atoms with Crippen LogP contribution >= 0.6 is 11.6 Å². The zero-order valence-corrected chi connectivity index (χ0v) is 21.7. The molecule has 0 aliphatic heterocycles. The minimum absolute atomic E-state index is 0.0812. The molecule has 4 rings (SSSR count). The Hall–Kier alpha value is -3.65. The molecule has 1 amide bonds. The predicted molar refractivity (Wildman–Crippen MR) is 146 cm³/mol. The van der Waals surface area contributed by atoms with E-state index < -0.39 is 15.9 Å². The first kappa shape index (κ1) is 26.4. The Morgan fingerprint density at radius 2 is 1.38 bits per heavy atom. The van der Waals surface area contributed by atoms with Crippen LogP contribution < -0.4 is 10.1 Å². The van der Waals surface area contributed by atoms with Gasteiger partial charge in [0, 0.05) is 17.3 Å². The summed E-state index contributed by atoms with van der Waals surface area (Å²) < 4.78 is 33.7. The first-order valence-corrected chi connectivity index (χ1v) is 13.6. The van der Waals surface area contributed by atoms with Gasteiger partial charge in [-0.05, 0) is 66.1 Å². The van der Waals surface area contributed by atoms with Crippen molar-refractivity contribution in [3.63, 3.8) is 0 Å². The van der Waals surface area contributed by atoms with E-state index in [1.807, 2.05) is 60.7 Å². The molecule has 4 aromatic carbocycles. The van der Waals surface area contributed by atoms with E-state index in [2.05, 4.69) is 5.32 Å². The maximum absolute atomic E-state index is 13.4. The van der Waals surface area contributed by atoms with E-state index in [1.165, 1.54) is 28.6 Å². The SMILES string of the molecule is O=C(CN(CCc1ccccc1)S(=O)(=O)c1ccc(Cl)cc1)Nc1ccc(OCc2ccccc2)cc1. The lowest BCUT2D eigenvalue weighted by molar-refractivity contribution is -0.116. The molecule has 4 aromatic rings. The molecule has 0 bridgehead atoms. The fourth-order valence-corrected chi connectivity index (χ4v) is 5.20. The van der Waals surface area contributed by atoms with Crippen molar-refractivity contribution in [1.82, 2.24) is 4.31 Å². The molecule has 0 unspecified atom stereocenters. The molecule has 0 aliphatic carbocycles. The molecule has 37 heavy (non-hydrogen) atoms. The van der Waals surface area contributed by atoms with Gasteiger partial charge >= 0.3 is 0 Å². The third-order valence-corrected chi connectivity index (χ3v) is 7.76. The van der Waals surface area contributed by atoms with Gasteiger partial charge in [0.2, 0.25) is 15.9 Å². The molecule has 1 N–H and O–H groups in total. The van der Waals surface area contributed by atoms with Gasteiger partial charge in [-0.1, -0.05) is 72.3 Å². The first-order chi connectivity index (χ1) is 17.9. The number of benzene rings is 4. The van der Waals surface area contributed by atoms with Crippen LogP contribution in [0, 0.1) is 0 Å². The van der Waals surface area contributed by atoms with Crippen LogP contribution in [-0.2, 0) is 27.8 Å². The molecule has 0 fully saturated rings. The summed E-state index contributed by atoms with van der Waals surface area (Å²) in [4.78, 5) is 13.0. The Balaban J connectivity index is 1.42. The Kier molecular flexibility index (Phi) is 8.95. The summed E-state index contributed by atoms with van der Waals surface area (Å²) in [7, 11) is -3.92. The molecule has 190 valence electrons. The maximum Gasteiger partial charge on any atom is 0.243 e. The highest BCUT2D eigenvalue weighted by Crippen LogP contribution is 2.20. The average molecular weight is 535 g/mol. The summed E-state index contributed by atoms with van der Waals surface area (Å²) >= 11 is 5.94. The average Bonchev–Trinajstić information content (AvgIpc) is 2.92. The Bertz CT molecular complexity index is 1400. The van der Waals surface area contributed by atoms with E-state index in [4.69, 9.17) is 16.3 Å². The number of halogens is 1. The quantitative estimate of drug-likeness (QED) is 0.264. The summed E-state index contributed by atoms with van der Waals surface area (Å²) in [6, 6.07) is 32.3. The van der Waals surface area contributed by atoms with Gasteiger partial charge in [0.05, 0.1) is 11.4 Å². The minimum atomic E-state index is -3.92. The smallest absolute Gasteiger partial charge is 0.243 e. The van der Waals surface area contributed by atoms with Gasteiger partial charge in [0.1, 0.15) is 12.4 Å². The predicted octanol–water partition coefficient (Wildman–Crippen LogP) is 5.79. The number of hydrogen-bond donors (Lipinski definition) is 1. The lowest BCUT2D eigenvalue weighted by Crippen LogP contribution is -2.39. The van der Waals surface area contributed by atoms with Gasteiger partial charge in [0.15, 0.2) is 0 Å². The number of ether oxygens (including phenoxy) is 1. The second-order valence-corrected chi connectivity index (χ2v) is 10.7. The van der Waals surface area contributed by atoms with E-state index in [-0.39, 0.29) is 18.0 Å². The van der Waals surface area contributed by atoms with Gasteiger partial charge < -0.3 is 10.1 Å². The molecule has 0 saturated carbocycles. The van der Waals surface area contributed by atoms with Crippen LogP contribution in [0.5, 0.6) is 5.75 Å². The number of amides is 1. The fraction of sp³-hybridized carbons (Fsp3) is 0.138. The summed E-state index contributed by atoms with van der Waals surface area (Å²) in [5, 5.41) is 3.22. The van der Waals surface area contributed by atoms with E-state index in [1.54, 1.807) is 24.3 Å². The van der Waals surface area contributed by atoms with Crippen molar-refractivity contribution in [1.29, 1.82) is 0 Å². The normalized spacial score (nSPS) is 11.3. The second-order valence-electron chi connectivity index (χ2n) is 8.37. The van der Waals surface area contributed by atoms with Crippen molar-refractivity contribution in [3.8, 4) is 5.75 Å². The van der Waals surface area contributed by atoms with Crippen LogP contribution in [0.1, 0.15) is 11.1 Å². The molecule has 0 saturated heterocycles. The maximum atomic E-state index is 13.4. The molecule has 0 spiro atoms. The third kappa shape index (κ3) is 7.67. The molecule has 8 heteroatoms. The van der Waals surface area contributed by atoms with E-state index >= 15 is 0 Å². The lowest BCUT2D eigenvalue weighted by atomic mass is 10.1. The summed E-state index contributed by atoms with van der Waals surface area (Å²) in [5.74, 6) is 0.222. The van der Waals surface area contributed by atoms with Crippen LogP contribution in [0.25, 0.3) is 0 Å². The fourth-order valence-electron chi connectivity index (χ4n) is 3.67. The topological polar surface area (TPSA) is 75.7 Å². The Morgan fingerprint density at radius 3 is 2.00 bits per heavy atom. The third-order valence-electron chi connectivity index (χ3n) is 5.65. The molecule has 0 aromatic heterocycles. The van der Waals surface area contributed by atoms with Crippen LogP contribution in [0.3, 0.4) is 0 Å². The zero-order valence-electron chi connectivity index (χ0n) is 20.1. The van der Waals surface area contributed by atoms with Crippen molar-refractivity contribution in [3.05, 3.63) is 125 Å². The van der Waals surface area contributed by atoms with E-state index in [9.17, 15) is 13.2 Å². The number of rotatable bonds is 11. The number of anilines is 1. The number of carbonyl (C=O) groups excluding carboxylic acids is 1. The van der Waals surface area contributed by atoms with Crippen LogP contribution in [-0.4, -0.2) is 31.7 Å². The van der Waals surface area contributed by atoms with Crippen molar-refractivity contribution in [2.24, 2.45) is 0 Å². The van der Waals surface area contributed by atoms with Gasteiger partial charge in [-0.15, -0.1) is 0 Å². The number of nitrogens with one attached hydrogen (secondary N) is 1.